The molecule has 0 aliphatic rings. The lowest BCUT2D eigenvalue weighted by Gasteiger charge is -2.05. The van der Waals surface area contributed by atoms with Gasteiger partial charge in [0.05, 0.1) is 5.39 Å². The quantitative estimate of drug-likeness (QED) is 0.775. The number of thiophene rings is 1. The highest BCUT2D eigenvalue weighted by molar-refractivity contribution is 7.16. The van der Waals surface area contributed by atoms with Gasteiger partial charge in [-0.2, -0.15) is 0 Å². The van der Waals surface area contributed by atoms with Crippen molar-refractivity contribution in [1.82, 2.24) is 9.97 Å². The van der Waals surface area contributed by atoms with Gasteiger partial charge in [0.15, 0.2) is 0 Å². The zero-order chi connectivity index (χ0) is 13.4. The summed E-state index contributed by atoms with van der Waals surface area (Å²) in [6, 6.07) is 8.48. The lowest BCUT2D eigenvalue weighted by Crippen LogP contribution is -2.01. The Kier molecular flexibility index (Phi) is 2.95. The van der Waals surface area contributed by atoms with Gasteiger partial charge in [0.1, 0.15) is 16.5 Å². The number of hydrogen-bond acceptors (Lipinski definition) is 4. The molecular weight excluding hydrogens is 254 g/mol. The smallest absolute Gasteiger partial charge is 0.136 e. The van der Waals surface area contributed by atoms with Gasteiger partial charge in [-0.15, -0.1) is 11.3 Å². The van der Waals surface area contributed by atoms with E-state index in [1.807, 2.05) is 11.4 Å². The minimum Gasteiger partial charge on any atom is -0.383 e. The molecule has 96 valence electrons. The molecular formula is C15H15N3S. The number of rotatable bonds is 2. The molecule has 19 heavy (non-hydrogen) atoms. The maximum absolute atomic E-state index is 5.97. The van der Waals surface area contributed by atoms with Gasteiger partial charge >= 0.3 is 0 Å². The Hall–Kier alpha value is -1.94. The molecule has 0 fully saturated rings. The minimum absolute atomic E-state index is 0.575. The van der Waals surface area contributed by atoms with Crippen LogP contribution in [0.1, 0.15) is 22.5 Å². The number of aryl methyl sites for hydroxylation is 2. The van der Waals surface area contributed by atoms with Crippen molar-refractivity contribution in [2.45, 2.75) is 20.3 Å². The van der Waals surface area contributed by atoms with Crippen LogP contribution in [0.4, 0.5) is 5.82 Å². The van der Waals surface area contributed by atoms with Crippen LogP contribution in [0.3, 0.4) is 0 Å². The molecule has 0 spiro atoms. The first-order chi connectivity index (χ1) is 9.11. The molecule has 0 bridgehead atoms. The van der Waals surface area contributed by atoms with Gasteiger partial charge in [0.2, 0.25) is 0 Å². The molecule has 3 nitrogen and oxygen atoms in total. The Bertz CT molecular complexity index is 726. The van der Waals surface area contributed by atoms with Crippen LogP contribution in [0.5, 0.6) is 0 Å². The Balaban J connectivity index is 2.00. The SMILES string of the molecule is Cc1cc(C)cc(Cc2nc(N)c3ccsc3n2)c1. The van der Waals surface area contributed by atoms with Crippen molar-refractivity contribution < 1.29 is 0 Å². The van der Waals surface area contributed by atoms with Crippen molar-refractivity contribution >= 4 is 27.4 Å². The highest BCUT2D eigenvalue weighted by Crippen LogP contribution is 2.23. The number of nitrogens with zero attached hydrogens (tertiary/aromatic N) is 2. The normalized spacial score (nSPS) is 11.1. The molecule has 2 heterocycles. The summed E-state index contributed by atoms with van der Waals surface area (Å²) in [4.78, 5) is 9.94. The largest absolute Gasteiger partial charge is 0.383 e. The molecule has 2 aromatic heterocycles. The van der Waals surface area contributed by atoms with E-state index >= 15 is 0 Å². The number of aromatic nitrogens is 2. The fourth-order valence-electron chi connectivity index (χ4n) is 2.36. The molecule has 1 aromatic carbocycles. The van der Waals surface area contributed by atoms with E-state index in [0.29, 0.717) is 5.82 Å². The summed E-state index contributed by atoms with van der Waals surface area (Å²) < 4.78 is 0. The van der Waals surface area contributed by atoms with Crippen LogP contribution >= 0.6 is 11.3 Å². The van der Waals surface area contributed by atoms with Crippen molar-refractivity contribution in [3.8, 4) is 0 Å². The third kappa shape index (κ3) is 2.44. The third-order valence-electron chi connectivity index (χ3n) is 3.04. The Morgan fingerprint density at radius 1 is 1.11 bits per heavy atom. The van der Waals surface area contributed by atoms with Gasteiger partial charge in [-0.1, -0.05) is 29.3 Å². The van der Waals surface area contributed by atoms with E-state index in [9.17, 15) is 0 Å². The van der Waals surface area contributed by atoms with Gasteiger partial charge < -0.3 is 5.73 Å². The maximum atomic E-state index is 5.97. The van der Waals surface area contributed by atoms with Crippen LogP contribution in [0.25, 0.3) is 10.2 Å². The van der Waals surface area contributed by atoms with E-state index in [2.05, 4.69) is 42.0 Å². The van der Waals surface area contributed by atoms with E-state index in [1.54, 1.807) is 11.3 Å². The van der Waals surface area contributed by atoms with E-state index in [0.717, 1.165) is 22.5 Å². The summed E-state index contributed by atoms with van der Waals surface area (Å²) >= 11 is 1.60. The van der Waals surface area contributed by atoms with Crippen molar-refractivity contribution in [2.24, 2.45) is 0 Å². The number of fused-ring (bicyclic) bond motifs is 1. The van der Waals surface area contributed by atoms with Gasteiger partial charge in [0, 0.05) is 6.42 Å². The second kappa shape index (κ2) is 4.63. The second-order valence-corrected chi connectivity index (χ2v) is 5.73. The summed E-state index contributed by atoms with van der Waals surface area (Å²) in [5.41, 5.74) is 9.73. The molecule has 0 saturated heterocycles. The van der Waals surface area contributed by atoms with Gasteiger partial charge in [0.25, 0.3) is 0 Å². The number of hydrogen-bond donors (Lipinski definition) is 1. The average molecular weight is 269 g/mol. The van der Waals surface area contributed by atoms with Crippen molar-refractivity contribution in [3.05, 3.63) is 52.2 Å². The number of benzene rings is 1. The van der Waals surface area contributed by atoms with Gasteiger partial charge in [-0.05, 0) is 30.9 Å². The number of nitrogen functional groups attached to an aromatic ring is 1. The van der Waals surface area contributed by atoms with Crippen LogP contribution in [-0.4, -0.2) is 9.97 Å². The summed E-state index contributed by atoms with van der Waals surface area (Å²) in [5, 5.41) is 2.95. The lowest BCUT2D eigenvalue weighted by atomic mass is 10.0. The third-order valence-corrected chi connectivity index (χ3v) is 3.85. The fourth-order valence-corrected chi connectivity index (χ4v) is 3.15. The Labute approximate surface area is 116 Å². The monoisotopic (exact) mass is 269 g/mol. The first kappa shape index (κ1) is 12.1. The van der Waals surface area contributed by atoms with Crippen LogP contribution in [0.15, 0.2) is 29.6 Å². The second-order valence-electron chi connectivity index (χ2n) is 4.84. The highest BCUT2D eigenvalue weighted by atomic mass is 32.1. The lowest BCUT2D eigenvalue weighted by molar-refractivity contribution is 0.998. The van der Waals surface area contributed by atoms with E-state index < -0.39 is 0 Å². The molecule has 0 aliphatic heterocycles. The molecule has 0 radical (unpaired) electrons. The van der Waals surface area contributed by atoms with Gasteiger partial charge in [-0.25, -0.2) is 9.97 Å². The van der Waals surface area contributed by atoms with Crippen LogP contribution in [0, 0.1) is 13.8 Å². The standard InChI is InChI=1S/C15H15N3S/c1-9-5-10(2)7-11(6-9)8-13-17-14(16)12-3-4-19-15(12)18-13/h3-7H,8H2,1-2H3,(H2,16,17,18). The molecule has 3 rings (SSSR count). The molecule has 0 aliphatic carbocycles. The first-order valence-corrected chi connectivity index (χ1v) is 7.06. The topological polar surface area (TPSA) is 51.8 Å². The molecule has 0 saturated carbocycles. The molecule has 2 N–H and O–H groups in total. The summed E-state index contributed by atoms with van der Waals surface area (Å²) in [6.45, 7) is 4.21. The number of nitrogens with two attached hydrogens (primary N) is 1. The molecule has 4 heteroatoms. The Morgan fingerprint density at radius 3 is 2.58 bits per heavy atom. The fraction of sp³-hybridized carbons (Fsp3) is 0.200. The molecule has 0 amide bonds. The van der Waals surface area contributed by atoms with E-state index in [-0.39, 0.29) is 0 Å². The van der Waals surface area contributed by atoms with E-state index in [1.165, 1.54) is 16.7 Å². The van der Waals surface area contributed by atoms with Crippen LogP contribution in [-0.2, 0) is 6.42 Å². The Morgan fingerprint density at radius 2 is 1.84 bits per heavy atom. The van der Waals surface area contributed by atoms with Gasteiger partial charge in [-0.3, -0.25) is 0 Å². The van der Waals surface area contributed by atoms with Crippen molar-refractivity contribution in [3.63, 3.8) is 0 Å². The summed E-state index contributed by atoms with van der Waals surface area (Å²) in [7, 11) is 0. The van der Waals surface area contributed by atoms with Crippen LogP contribution < -0.4 is 5.73 Å². The first-order valence-electron chi connectivity index (χ1n) is 6.18. The number of anilines is 1. The highest BCUT2D eigenvalue weighted by Gasteiger charge is 2.07. The van der Waals surface area contributed by atoms with Crippen molar-refractivity contribution in [1.29, 1.82) is 0 Å². The summed E-state index contributed by atoms with van der Waals surface area (Å²) in [6.07, 6.45) is 0.723. The van der Waals surface area contributed by atoms with Crippen molar-refractivity contribution in [2.75, 3.05) is 5.73 Å². The molecule has 0 unspecified atom stereocenters. The predicted molar refractivity (Wildman–Crippen MR) is 80.5 cm³/mol. The minimum atomic E-state index is 0.575. The van der Waals surface area contributed by atoms with E-state index in [4.69, 9.17) is 5.73 Å². The maximum Gasteiger partial charge on any atom is 0.136 e. The zero-order valence-corrected chi connectivity index (χ0v) is 11.8. The molecule has 3 aromatic rings. The summed E-state index contributed by atoms with van der Waals surface area (Å²) in [5.74, 6) is 1.36. The predicted octanol–water partition coefficient (Wildman–Crippen LogP) is 3.48. The average Bonchev–Trinajstić information content (AvgIpc) is 2.75. The zero-order valence-electron chi connectivity index (χ0n) is 11.0. The van der Waals surface area contributed by atoms with Crippen LogP contribution in [0.2, 0.25) is 0 Å². The molecule has 0 atom stereocenters.